The zero-order valence-electron chi connectivity index (χ0n) is 8.47. The van der Waals surface area contributed by atoms with Gasteiger partial charge < -0.3 is 10.5 Å². The van der Waals surface area contributed by atoms with Gasteiger partial charge in [-0.05, 0) is 23.8 Å². The van der Waals surface area contributed by atoms with E-state index in [0.717, 1.165) is 22.6 Å². The van der Waals surface area contributed by atoms with E-state index in [0.29, 0.717) is 0 Å². The maximum absolute atomic E-state index is 5.73. The lowest BCUT2D eigenvalue weighted by molar-refractivity contribution is 0.416. The first-order valence-corrected chi connectivity index (χ1v) is 4.65. The molecular formula is C12H12N2O. The summed E-state index contributed by atoms with van der Waals surface area (Å²) >= 11 is 0. The molecule has 0 saturated carbocycles. The molecule has 0 aliphatic heterocycles. The highest BCUT2D eigenvalue weighted by Crippen LogP contribution is 2.29. The summed E-state index contributed by atoms with van der Waals surface area (Å²) in [5.74, 6) is 0.801. The van der Waals surface area contributed by atoms with Crippen LogP contribution in [0.15, 0.2) is 42.7 Å². The Labute approximate surface area is 88.5 Å². The van der Waals surface area contributed by atoms with Gasteiger partial charge >= 0.3 is 0 Å². The van der Waals surface area contributed by atoms with Crippen molar-refractivity contribution in [2.24, 2.45) is 0 Å². The molecule has 15 heavy (non-hydrogen) atoms. The van der Waals surface area contributed by atoms with Crippen molar-refractivity contribution < 1.29 is 4.74 Å². The highest BCUT2D eigenvalue weighted by atomic mass is 16.5. The normalized spacial score (nSPS) is 9.93. The number of ether oxygens (including phenoxy) is 1. The second kappa shape index (κ2) is 4.00. The fourth-order valence-electron chi connectivity index (χ4n) is 1.48. The fraction of sp³-hybridized carbons (Fsp3) is 0.0833. The number of rotatable bonds is 2. The maximum Gasteiger partial charge on any atom is 0.129 e. The van der Waals surface area contributed by atoms with E-state index in [1.54, 1.807) is 19.5 Å². The molecule has 0 radical (unpaired) electrons. The van der Waals surface area contributed by atoms with Crippen LogP contribution >= 0.6 is 0 Å². The van der Waals surface area contributed by atoms with Crippen molar-refractivity contribution in [3.8, 4) is 16.9 Å². The third kappa shape index (κ3) is 1.91. The average Bonchev–Trinajstić information content (AvgIpc) is 2.29. The van der Waals surface area contributed by atoms with E-state index < -0.39 is 0 Å². The zero-order chi connectivity index (χ0) is 10.7. The van der Waals surface area contributed by atoms with Crippen LogP contribution in [0.5, 0.6) is 5.75 Å². The Bertz CT molecular complexity index is 469. The van der Waals surface area contributed by atoms with E-state index in [4.69, 9.17) is 10.5 Å². The van der Waals surface area contributed by atoms with Crippen LogP contribution in [0.1, 0.15) is 0 Å². The van der Waals surface area contributed by atoms with Crippen LogP contribution in [0.25, 0.3) is 11.1 Å². The molecule has 1 aromatic carbocycles. The number of hydrogen-bond acceptors (Lipinski definition) is 3. The van der Waals surface area contributed by atoms with Crippen molar-refractivity contribution >= 4 is 5.69 Å². The lowest BCUT2D eigenvalue weighted by atomic mass is 10.1. The largest absolute Gasteiger partial charge is 0.496 e. The van der Waals surface area contributed by atoms with E-state index in [1.807, 2.05) is 30.3 Å². The summed E-state index contributed by atoms with van der Waals surface area (Å²) in [4.78, 5) is 4.08. The standard InChI is InChI=1S/C12H12N2O/c1-15-12-5-6-14-8-11(12)9-3-2-4-10(13)7-9/h2-8H,13H2,1H3. The van der Waals surface area contributed by atoms with Crippen molar-refractivity contribution in [2.75, 3.05) is 12.8 Å². The van der Waals surface area contributed by atoms with Crippen molar-refractivity contribution in [3.05, 3.63) is 42.7 Å². The fourth-order valence-corrected chi connectivity index (χ4v) is 1.48. The van der Waals surface area contributed by atoms with E-state index in [-0.39, 0.29) is 0 Å². The minimum absolute atomic E-state index is 0.735. The highest BCUT2D eigenvalue weighted by Gasteiger charge is 2.04. The van der Waals surface area contributed by atoms with Gasteiger partial charge in [-0.15, -0.1) is 0 Å². The summed E-state index contributed by atoms with van der Waals surface area (Å²) in [6, 6.07) is 9.48. The van der Waals surface area contributed by atoms with Gasteiger partial charge in [0.1, 0.15) is 5.75 Å². The number of hydrogen-bond donors (Lipinski definition) is 1. The average molecular weight is 200 g/mol. The predicted octanol–water partition coefficient (Wildman–Crippen LogP) is 2.34. The van der Waals surface area contributed by atoms with E-state index in [2.05, 4.69) is 4.98 Å². The Morgan fingerprint density at radius 1 is 1.27 bits per heavy atom. The summed E-state index contributed by atoms with van der Waals surface area (Å²) in [5.41, 5.74) is 8.43. The van der Waals surface area contributed by atoms with Gasteiger partial charge in [-0.3, -0.25) is 4.98 Å². The summed E-state index contributed by atoms with van der Waals surface area (Å²) in [6.45, 7) is 0. The first-order valence-electron chi connectivity index (χ1n) is 4.65. The molecule has 1 heterocycles. The van der Waals surface area contributed by atoms with Gasteiger partial charge in [-0.25, -0.2) is 0 Å². The monoisotopic (exact) mass is 200 g/mol. The molecule has 76 valence electrons. The number of benzene rings is 1. The van der Waals surface area contributed by atoms with Crippen LogP contribution in [0.2, 0.25) is 0 Å². The minimum Gasteiger partial charge on any atom is -0.496 e. The Morgan fingerprint density at radius 2 is 2.13 bits per heavy atom. The van der Waals surface area contributed by atoms with Crippen LogP contribution in [-0.2, 0) is 0 Å². The first kappa shape index (κ1) is 9.52. The van der Waals surface area contributed by atoms with Crippen LogP contribution in [-0.4, -0.2) is 12.1 Å². The molecule has 0 bridgehead atoms. The number of nitrogens with zero attached hydrogens (tertiary/aromatic N) is 1. The first-order chi connectivity index (χ1) is 7.31. The van der Waals surface area contributed by atoms with Gasteiger partial charge in [0.25, 0.3) is 0 Å². The van der Waals surface area contributed by atoms with Crippen LogP contribution in [0, 0.1) is 0 Å². The van der Waals surface area contributed by atoms with Gasteiger partial charge in [-0.2, -0.15) is 0 Å². The predicted molar refractivity (Wildman–Crippen MR) is 60.6 cm³/mol. The molecule has 0 amide bonds. The molecule has 1 aromatic heterocycles. The third-order valence-electron chi connectivity index (χ3n) is 2.20. The molecule has 2 N–H and O–H groups in total. The zero-order valence-corrected chi connectivity index (χ0v) is 8.47. The Kier molecular flexibility index (Phi) is 2.54. The van der Waals surface area contributed by atoms with Crippen molar-refractivity contribution in [3.63, 3.8) is 0 Å². The Balaban J connectivity index is 2.53. The second-order valence-electron chi connectivity index (χ2n) is 3.20. The van der Waals surface area contributed by atoms with Gasteiger partial charge in [0.2, 0.25) is 0 Å². The number of methoxy groups -OCH3 is 1. The molecule has 0 fully saturated rings. The number of pyridine rings is 1. The van der Waals surface area contributed by atoms with Crippen LogP contribution < -0.4 is 10.5 Å². The van der Waals surface area contributed by atoms with E-state index in [9.17, 15) is 0 Å². The molecule has 3 heteroatoms. The van der Waals surface area contributed by atoms with Gasteiger partial charge in [0, 0.05) is 23.6 Å². The summed E-state index contributed by atoms with van der Waals surface area (Å²) in [5, 5.41) is 0. The number of anilines is 1. The Hall–Kier alpha value is -2.03. The molecule has 0 atom stereocenters. The quantitative estimate of drug-likeness (QED) is 0.757. The molecule has 0 saturated heterocycles. The molecule has 0 aliphatic carbocycles. The molecule has 0 aliphatic rings. The summed E-state index contributed by atoms with van der Waals surface area (Å²) in [7, 11) is 1.64. The lowest BCUT2D eigenvalue weighted by Gasteiger charge is -2.07. The van der Waals surface area contributed by atoms with Gasteiger partial charge in [0.05, 0.1) is 7.11 Å². The topological polar surface area (TPSA) is 48.1 Å². The summed E-state index contributed by atoms with van der Waals surface area (Å²) in [6.07, 6.45) is 3.47. The van der Waals surface area contributed by atoms with Crippen molar-refractivity contribution in [1.82, 2.24) is 4.98 Å². The maximum atomic E-state index is 5.73. The van der Waals surface area contributed by atoms with Crippen LogP contribution in [0.3, 0.4) is 0 Å². The SMILES string of the molecule is COc1ccncc1-c1cccc(N)c1. The third-order valence-corrected chi connectivity index (χ3v) is 2.20. The number of nitrogens with two attached hydrogens (primary N) is 1. The lowest BCUT2D eigenvalue weighted by Crippen LogP contribution is -1.90. The number of aromatic nitrogens is 1. The van der Waals surface area contributed by atoms with Gasteiger partial charge in [0.15, 0.2) is 0 Å². The smallest absolute Gasteiger partial charge is 0.129 e. The molecular weight excluding hydrogens is 188 g/mol. The molecule has 0 spiro atoms. The molecule has 3 nitrogen and oxygen atoms in total. The Morgan fingerprint density at radius 3 is 2.87 bits per heavy atom. The van der Waals surface area contributed by atoms with E-state index in [1.165, 1.54) is 0 Å². The number of nitrogen functional groups attached to an aromatic ring is 1. The van der Waals surface area contributed by atoms with Gasteiger partial charge in [-0.1, -0.05) is 12.1 Å². The molecule has 0 unspecified atom stereocenters. The second-order valence-corrected chi connectivity index (χ2v) is 3.20. The van der Waals surface area contributed by atoms with Crippen molar-refractivity contribution in [1.29, 1.82) is 0 Å². The molecule has 2 rings (SSSR count). The molecule has 2 aromatic rings. The van der Waals surface area contributed by atoms with Crippen LogP contribution in [0.4, 0.5) is 5.69 Å². The highest BCUT2D eigenvalue weighted by molar-refractivity contribution is 5.71. The summed E-state index contributed by atoms with van der Waals surface area (Å²) < 4.78 is 5.26. The van der Waals surface area contributed by atoms with E-state index >= 15 is 0 Å². The minimum atomic E-state index is 0.735. The van der Waals surface area contributed by atoms with Crippen molar-refractivity contribution in [2.45, 2.75) is 0 Å².